The molecule has 0 saturated carbocycles. The molecule has 0 radical (unpaired) electrons. The van der Waals surface area contributed by atoms with E-state index >= 15 is 0 Å². The molecule has 29 heavy (non-hydrogen) atoms. The van der Waals surface area contributed by atoms with Crippen molar-refractivity contribution in [2.24, 2.45) is 4.99 Å². The quantitative estimate of drug-likeness (QED) is 0.456. The molecule has 1 unspecified atom stereocenters. The van der Waals surface area contributed by atoms with Crippen LogP contribution in [0.1, 0.15) is 30.5 Å². The lowest BCUT2D eigenvalue weighted by Gasteiger charge is -2.26. The molecule has 0 amide bonds. The Bertz CT molecular complexity index is 754. The first kappa shape index (κ1) is 21.8. The van der Waals surface area contributed by atoms with Crippen LogP contribution in [0.25, 0.3) is 0 Å². The van der Waals surface area contributed by atoms with Crippen LogP contribution in [0.15, 0.2) is 46.1 Å². The molecule has 1 aromatic carbocycles. The van der Waals surface area contributed by atoms with Crippen molar-refractivity contribution in [2.75, 3.05) is 39.4 Å². The molecular formula is C22H32N4O2S. The van der Waals surface area contributed by atoms with Gasteiger partial charge in [0.25, 0.3) is 0 Å². The summed E-state index contributed by atoms with van der Waals surface area (Å²) in [5, 5.41) is 21.2. The first-order valence-electron chi connectivity index (χ1n) is 10.2. The molecule has 3 N–H and O–H groups in total. The van der Waals surface area contributed by atoms with Gasteiger partial charge in [0.05, 0.1) is 26.3 Å². The van der Waals surface area contributed by atoms with E-state index in [4.69, 9.17) is 4.74 Å². The minimum absolute atomic E-state index is 0.397. The molecule has 158 valence electrons. The lowest BCUT2D eigenvalue weighted by molar-refractivity contribution is 0.0342. The topological polar surface area (TPSA) is 69.1 Å². The van der Waals surface area contributed by atoms with Crippen molar-refractivity contribution in [2.45, 2.75) is 32.5 Å². The van der Waals surface area contributed by atoms with Crippen molar-refractivity contribution in [3.05, 3.63) is 57.8 Å². The van der Waals surface area contributed by atoms with Crippen molar-refractivity contribution >= 4 is 17.3 Å². The van der Waals surface area contributed by atoms with Crippen LogP contribution in [0.5, 0.6) is 0 Å². The van der Waals surface area contributed by atoms with Gasteiger partial charge in [-0.15, -0.1) is 0 Å². The van der Waals surface area contributed by atoms with Crippen LogP contribution < -0.4 is 10.6 Å². The highest BCUT2D eigenvalue weighted by molar-refractivity contribution is 7.08. The van der Waals surface area contributed by atoms with Gasteiger partial charge in [-0.3, -0.25) is 4.90 Å². The third-order valence-electron chi connectivity index (χ3n) is 5.04. The third-order valence-corrected chi connectivity index (χ3v) is 5.72. The molecule has 6 nitrogen and oxygen atoms in total. The van der Waals surface area contributed by atoms with Crippen molar-refractivity contribution < 1.29 is 9.84 Å². The number of aliphatic hydroxyl groups is 1. The molecule has 1 aromatic heterocycles. The Morgan fingerprint density at radius 3 is 2.55 bits per heavy atom. The summed E-state index contributed by atoms with van der Waals surface area (Å²) < 4.78 is 5.41. The molecule has 1 saturated heterocycles. The fraction of sp³-hybridized carbons (Fsp3) is 0.500. The second-order valence-electron chi connectivity index (χ2n) is 7.54. The van der Waals surface area contributed by atoms with E-state index in [1.807, 2.05) is 30.7 Å². The second kappa shape index (κ2) is 10.7. The van der Waals surface area contributed by atoms with Gasteiger partial charge in [0, 0.05) is 26.2 Å². The van der Waals surface area contributed by atoms with E-state index in [2.05, 4.69) is 44.8 Å². The van der Waals surface area contributed by atoms with E-state index in [-0.39, 0.29) is 0 Å². The number of guanidine groups is 1. The lowest BCUT2D eigenvalue weighted by atomic mass is 9.99. The van der Waals surface area contributed by atoms with Gasteiger partial charge in [0.15, 0.2) is 5.96 Å². The lowest BCUT2D eigenvalue weighted by Crippen LogP contribution is -2.44. The Labute approximate surface area is 177 Å². The summed E-state index contributed by atoms with van der Waals surface area (Å²) in [5.74, 6) is 0.709. The standard InChI is InChI=1S/C22H32N4O2S/c1-3-23-21(25-17-22(2,27)20-8-13-29-16-20)24-14-18-4-6-19(7-5-18)15-26-9-11-28-12-10-26/h4-8,13,16,27H,3,9-12,14-15,17H2,1-2H3,(H2,23,24,25). The largest absolute Gasteiger partial charge is 0.384 e. The number of morpholine rings is 1. The van der Waals surface area contributed by atoms with Gasteiger partial charge in [-0.1, -0.05) is 24.3 Å². The molecule has 1 aliphatic rings. The smallest absolute Gasteiger partial charge is 0.191 e. The van der Waals surface area contributed by atoms with E-state index in [1.165, 1.54) is 5.56 Å². The molecule has 0 bridgehead atoms. The van der Waals surface area contributed by atoms with Crippen molar-refractivity contribution in [3.63, 3.8) is 0 Å². The molecule has 3 rings (SSSR count). The summed E-state index contributed by atoms with van der Waals surface area (Å²) >= 11 is 1.59. The number of aliphatic imine (C=N–C) groups is 1. The number of ether oxygens (including phenoxy) is 1. The first-order chi connectivity index (χ1) is 14.1. The molecular weight excluding hydrogens is 384 g/mol. The van der Waals surface area contributed by atoms with Gasteiger partial charge in [0.1, 0.15) is 5.60 Å². The number of nitrogens with one attached hydrogen (secondary N) is 2. The molecule has 2 aromatic rings. The number of rotatable bonds is 8. The summed E-state index contributed by atoms with van der Waals surface area (Å²) in [5.41, 5.74) is 2.47. The van der Waals surface area contributed by atoms with Crippen LogP contribution in [-0.4, -0.2) is 55.4 Å². The summed E-state index contributed by atoms with van der Waals surface area (Å²) in [6.45, 7) is 10.2. The van der Waals surface area contributed by atoms with Crippen molar-refractivity contribution in [3.8, 4) is 0 Å². The molecule has 1 atom stereocenters. The Balaban J connectivity index is 1.53. The first-order valence-corrected chi connectivity index (χ1v) is 11.2. The normalized spacial score (nSPS) is 17.7. The van der Waals surface area contributed by atoms with Crippen LogP contribution in [-0.2, 0) is 23.4 Å². The van der Waals surface area contributed by atoms with Crippen LogP contribution in [0.3, 0.4) is 0 Å². The van der Waals surface area contributed by atoms with E-state index in [9.17, 15) is 5.11 Å². The van der Waals surface area contributed by atoms with Crippen molar-refractivity contribution in [1.29, 1.82) is 0 Å². The maximum atomic E-state index is 10.7. The molecule has 0 spiro atoms. The highest BCUT2D eigenvalue weighted by Crippen LogP contribution is 2.22. The van der Waals surface area contributed by atoms with Crippen LogP contribution >= 0.6 is 11.3 Å². The summed E-state index contributed by atoms with van der Waals surface area (Å²) in [6, 6.07) is 10.6. The fourth-order valence-electron chi connectivity index (χ4n) is 3.21. The number of hydrogen-bond acceptors (Lipinski definition) is 5. The summed E-state index contributed by atoms with van der Waals surface area (Å²) in [6.07, 6.45) is 0. The Hall–Kier alpha value is -1.93. The molecule has 1 aliphatic heterocycles. The summed E-state index contributed by atoms with van der Waals surface area (Å²) in [4.78, 5) is 7.09. The van der Waals surface area contributed by atoms with Gasteiger partial charge in [-0.05, 0) is 47.4 Å². The second-order valence-corrected chi connectivity index (χ2v) is 8.32. The molecule has 7 heteroatoms. The monoisotopic (exact) mass is 416 g/mol. The van der Waals surface area contributed by atoms with E-state index in [0.29, 0.717) is 19.0 Å². The van der Waals surface area contributed by atoms with Gasteiger partial charge in [-0.2, -0.15) is 11.3 Å². The number of nitrogens with zero attached hydrogens (tertiary/aromatic N) is 2. The SMILES string of the molecule is CCNC(=NCc1ccc(CN2CCOCC2)cc1)NCC(C)(O)c1ccsc1. The van der Waals surface area contributed by atoms with E-state index < -0.39 is 5.60 Å². The molecule has 0 aliphatic carbocycles. The number of thiophene rings is 1. The highest BCUT2D eigenvalue weighted by Gasteiger charge is 2.23. The zero-order chi connectivity index (χ0) is 20.5. The van der Waals surface area contributed by atoms with Crippen LogP contribution in [0.2, 0.25) is 0 Å². The zero-order valence-electron chi connectivity index (χ0n) is 17.4. The summed E-state index contributed by atoms with van der Waals surface area (Å²) in [7, 11) is 0. The number of hydrogen-bond donors (Lipinski definition) is 3. The molecule has 1 fully saturated rings. The highest BCUT2D eigenvalue weighted by atomic mass is 32.1. The minimum Gasteiger partial charge on any atom is -0.384 e. The third kappa shape index (κ3) is 6.82. The maximum Gasteiger partial charge on any atom is 0.191 e. The minimum atomic E-state index is -0.933. The van der Waals surface area contributed by atoms with E-state index in [0.717, 1.165) is 50.5 Å². The van der Waals surface area contributed by atoms with Gasteiger partial charge in [0.2, 0.25) is 0 Å². The van der Waals surface area contributed by atoms with Crippen molar-refractivity contribution in [1.82, 2.24) is 15.5 Å². The fourth-order valence-corrected chi connectivity index (χ4v) is 3.99. The zero-order valence-corrected chi connectivity index (χ0v) is 18.2. The van der Waals surface area contributed by atoms with Crippen LogP contribution in [0, 0.1) is 0 Å². The predicted molar refractivity (Wildman–Crippen MR) is 119 cm³/mol. The Morgan fingerprint density at radius 1 is 1.17 bits per heavy atom. The van der Waals surface area contributed by atoms with Gasteiger partial charge >= 0.3 is 0 Å². The average molecular weight is 417 g/mol. The van der Waals surface area contributed by atoms with Crippen LogP contribution in [0.4, 0.5) is 0 Å². The molecule has 2 heterocycles. The average Bonchev–Trinajstić information content (AvgIpc) is 3.28. The van der Waals surface area contributed by atoms with Gasteiger partial charge < -0.3 is 20.5 Å². The predicted octanol–water partition coefficient (Wildman–Crippen LogP) is 2.54. The maximum absolute atomic E-state index is 10.7. The van der Waals surface area contributed by atoms with E-state index in [1.54, 1.807) is 11.3 Å². The van der Waals surface area contributed by atoms with Gasteiger partial charge in [-0.25, -0.2) is 4.99 Å². The Morgan fingerprint density at radius 2 is 1.90 bits per heavy atom. The Kier molecular flexibility index (Phi) is 8.06. The number of benzene rings is 1.